The summed E-state index contributed by atoms with van der Waals surface area (Å²) < 4.78 is 5.01. The molecule has 3 amide bonds. The Balaban J connectivity index is 2.14. The van der Waals surface area contributed by atoms with E-state index in [1.54, 1.807) is 45.0 Å². The monoisotopic (exact) mass is 369 g/mol. The van der Waals surface area contributed by atoms with Crippen LogP contribution in [0.1, 0.15) is 26.3 Å². The van der Waals surface area contributed by atoms with Crippen molar-refractivity contribution in [3.05, 3.63) is 34.9 Å². The molecule has 0 atom stereocenters. The van der Waals surface area contributed by atoms with Crippen LogP contribution in [0.4, 0.5) is 4.79 Å². The molecule has 0 saturated heterocycles. The topological polar surface area (TPSA) is 96.5 Å². The molecular formula is C17H24ClN3O4. The molecule has 1 rings (SSSR count). The number of rotatable bonds is 7. The van der Waals surface area contributed by atoms with Gasteiger partial charge in [-0.15, -0.1) is 0 Å². The maximum atomic E-state index is 11.8. The first kappa shape index (κ1) is 20.8. The van der Waals surface area contributed by atoms with E-state index < -0.39 is 11.7 Å². The average Bonchev–Trinajstić information content (AvgIpc) is 2.50. The first-order valence-corrected chi connectivity index (χ1v) is 8.28. The van der Waals surface area contributed by atoms with Crippen LogP contribution >= 0.6 is 11.6 Å². The van der Waals surface area contributed by atoms with Gasteiger partial charge >= 0.3 is 6.09 Å². The lowest BCUT2D eigenvalue weighted by Gasteiger charge is -2.19. The minimum atomic E-state index is -0.654. The maximum Gasteiger partial charge on any atom is 0.408 e. The van der Waals surface area contributed by atoms with Crippen molar-refractivity contribution in [2.75, 3.05) is 19.6 Å². The first-order valence-electron chi connectivity index (χ1n) is 7.90. The smallest absolute Gasteiger partial charge is 0.408 e. The fourth-order valence-electron chi connectivity index (χ4n) is 1.78. The first-order chi connectivity index (χ1) is 11.7. The summed E-state index contributed by atoms with van der Waals surface area (Å²) in [6.45, 7) is 5.58. The van der Waals surface area contributed by atoms with Gasteiger partial charge in [0, 0.05) is 18.1 Å². The van der Waals surface area contributed by atoms with Gasteiger partial charge in [0.25, 0.3) is 0 Å². The van der Waals surface area contributed by atoms with Gasteiger partial charge in [0.1, 0.15) is 5.60 Å². The van der Waals surface area contributed by atoms with E-state index >= 15 is 0 Å². The summed E-state index contributed by atoms with van der Waals surface area (Å²) >= 11 is 5.78. The molecule has 1 aromatic rings. The van der Waals surface area contributed by atoms with Crippen molar-refractivity contribution in [2.24, 2.45) is 0 Å². The van der Waals surface area contributed by atoms with E-state index in [1.807, 2.05) is 0 Å². The van der Waals surface area contributed by atoms with Crippen molar-refractivity contribution >= 4 is 29.5 Å². The molecule has 0 aliphatic heterocycles. The van der Waals surface area contributed by atoms with Crippen LogP contribution in [0.3, 0.4) is 0 Å². The fourth-order valence-corrected chi connectivity index (χ4v) is 1.91. The molecule has 7 nitrogen and oxygen atoms in total. The SMILES string of the molecule is CC(C)(C)OC(=O)NCC(=O)NCCNC(=O)Cc1ccc(Cl)cc1. The molecule has 3 N–H and O–H groups in total. The summed E-state index contributed by atoms with van der Waals surface area (Å²) in [6, 6.07) is 7.02. The van der Waals surface area contributed by atoms with Gasteiger partial charge in [-0.3, -0.25) is 9.59 Å². The summed E-state index contributed by atoms with van der Waals surface area (Å²) in [5, 5.41) is 8.26. The second-order valence-corrected chi connectivity index (χ2v) is 6.80. The Morgan fingerprint density at radius 1 is 0.960 bits per heavy atom. The van der Waals surface area contributed by atoms with Crippen molar-refractivity contribution in [3.63, 3.8) is 0 Å². The fraction of sp³-hybridized carbons (Fsp3) is 0.471. The van der Waals surface area contributed by atoms with Gasteiger partial charge in [0.15, 0.2) is 0 Å². The molecule has 0 unspecified atom stereocenters. The van der Waals surface area contributed by atoms with Crippen LogP contribution < -0.4 is 16.0 Å². The van der Waals surface area contributed by atoms with Gasteiger partial charge in [-0.2, -0.15) is 0 Å². The molecular weight excluding hydrogens is 346 g/mol. The molecule has 0 bridgehead atoms. The molecule has 0 spiro atoms. The number of carbonyl (C=O) groups excluding carboxylic acids is 3. The number of benzene rings is 1. The molecule has 0 aliphatic carbocycles. The van der Waals surface area contributed by atoms with Crippen LogP contribution in [-0.4, -0.2) is 43.1 Å². The van der Waals surface area contributed by atoms with Crippen molar-refractivity contribution in [1.29, 1.82) is 0 Å². The minimum absolute atomic E-state index is 0.150. The number of hydrogen-bond donors (Lipinski definition) is 3. The van der Waals surface area contributed by atoms with E-state index in [2.05, 4.69) is 16.0 Å². The van der Waals surface area contributed by atoms with Crippen molar-refractivity contribution in [2.45, 2.75) is 32.8 Å². The molecule has 0 radical (unpaired) electrons. The lowest BCUT2D eigenvalue weighted by molar-refractivity contribution is -0.122. The van der Waals surface area contributed by atoms with Crippen molar-refractivity contribution < 1.29 is 19.1 Å². The highest BCUT2D eigenvalue weighted by molar-refractivity contribution is 6.30. The van der Waals surface area contributed by atoms with Crippen molar-refractivity contribution in [3.8, 4) is 0 Å². The Bertz CT molecular complexity index is 597. The third-order valence-corrected chi connectivity index (χ3v) is 3.09. The Morgan fingerprint density at radius 2 is 1.52 bits per heavy atom. The number of alkyl carbamates (subject to hydrolysis) is 1. The lowest BCUT2D eigenvalue weighted by Crippen LogP contribution is -2.42. The quantitative estimate of drug-likeness (QED) is 0.636. The molecule has 25 heavy (non-hydrogen) atoms. The Morgan fingerprint density at radius 3 is 2.08 bits per heavy atom. The van der Waals surface area contributed by atoms with E-state index in [0.29, 0.717) is 11.6 Å². The van der Waals surface area contributed by atoms with Gasteiger partial charge in [-0.1, -0.05) is 23.7 Å². The van der Waals surface area contributed by atoms with Crippen molar-refractivity contribution in [1.82, 2.24) is 16.0 Å². The standard InChI is InChI=1S/C17H24ClN3O4/c1-17(2,3)25-16(24)21-11-15(23)20-9-8-19-14(22)10-12-4-6-13(18)7-5-12/h4-7H,8-11H2,1-3H3,(H,19,22)(H,20,23)(H,21,24). The summed E-state index contributed by atoms with van der Waals surface area (Å²) in [4.78, 5) is 34.7. The zero-order valence-electron chi connectivity index (χ0n) is 14.6. The van der Waals surface area contributed by atoms with Gasteiger partial charge in [0.05, 0.1) is 13.0 Å². The molecule has 0 fully saturated rings. The lowest BCUT2D eigenvalue weighted by atomic mass is 10.1. The summed E-state index contributed by atoms with van der Waals surface area (Å²) in [6.07, 6.45) is -0.412. The highest BCUT2D eigenvalue weighted by atomic mass is 35.5. The number of halogens is 1. The van der Waals surface area contributed by atoms with Crippen LogP contribution in [0, 0.1) is 0 Å². The molecule has 0 aromatic heterocycles. The van der Waals surface area contributed by atoms with E-state index in [-0.39, 0.29) is 31.3 Å². The van der Waals surface area contributed by atoms with Gasteiger partial charge in [-0.05, 0) is 38.5 Å². The second kappa shape index (κ2) is 9.88. The highest BCUT2D eigenvalue weighted by Gasteiger charge is 2.16. The predicted molar refractivity (Wildman–Crippen MR) is 95.4 cm³/mol. The predicted octanol–water partition coefficient (Wildman–Crippen LogP) is 1.64. The number of nitrogens with one attached hydrogen (secondary N) is 3. The van der Waals surface area contributed by atoms with E-state index in [0.717, 1.165) is 5.56 Å². The number of hydrogen-bond acceptors (Lipinski definition) is 4. The van der Waals surface area contributed by atoms with Gasteiger partial charge < -0.3 is 20.7 Å². The zero-order chi connectivity index (χ0) is 18.9. The molecule has 0 aliphatic rings. The zero-order valence-corrected chi connectivity index (χ0v) is 15.4. The third kappa shape index (κ3) is 10.2. The second-order valence-electron chi connectivity index (χ2n) is 6.36. The van der Waals surface area contributed by atoms with E-state index in [4.69, 9.17) is 16.3 Å². The summed E-state index contributed by atoms with van der Waals surface area (Å²) in [5.41, 5.74) is 0.238. The third-order valence-electron chi connectivity index (χ3n) is 2.84. The number of ether oxygens (including phenoxy) is 1. The van der Waals surface area contributed by atoms with Gasteiger partial charge in [0.2, 0.25) is 11.8 Å². The summed E-state index contributed by atoms with van der Waals surface area (Å²) in [5.74, 6) is -0.513. The Labute approximate surface area is 152 Å². The molecule has 138 valence electrons. The van der Waals surface area contributed by atoms with Crippen LogP contribution in [0.15, 0.2) is 24.3 Å². The van der Waals surface area contributed by atoms with Crippen LogP contribution in [0.5, 0.6) is 0 Å². The van der Waals surface area contributed by atoms with Crippen LogP contribution in [0.2, 0.25) is 5.02 Å². The molecule has 0 saturated carbocycles. The number of carbonyl (C=O) groups is 3. The largest absolute Gasteiger partial charge is 0.444 e. The number of amides is 3. The maximum absolute atomic E-state index is 11.8. The van der Waals surface area contributed by atoms with E-state index in [9.17, 15) is 14.4 Å². The average molecular weight is 370 g/mol. The summed E-state index contributed by atoms with van der Waals surface area (Å²) in [7, 11) is 0. The highest BCUT2D eigenvalue weighted by Crippen LogP contribution is 2.09. The minimum Gasteiger partial charge on any atom is -0.444 e. The normalized spacial score (nSPS) is 10.7. The van der Waals surface area contributed by atoms with Gasteiger partial charge in [-0.25, -0.2) is 4.79 Å². The molecule has 8 heteroatoms. The Hall–Kier alpha value is -2.28. The molecule has 1 aromatic carbocycles. The molecule has 0 heterocycles. The Kier molecular flexibility index (Phi) is 8.21. The van der Waals surface area contributed by atoms with Crippen LogP contribution in [0.25, 0.3) is 0 Å². The van der Waals surface area contributed by atoms with Crippen LogP contribution in [-0.2, 0) is 20.7 Å². The van der Waals surface area contributed by atoms with E-state index in [1.165, 1.54) is 0 Å².